The van der Waals surface area contributed by atoms with Gasteiger partial charge in [0.1, 0.15) is 12.2 Å². The van der Waals surface area contributed by atoms with Gasteiger partial charge in [-0.2, -0.15) is 4.91 Å². The number of rotatable bonds is 10. The van der Waals surface area contributed by atoms with Crippen LogP contribution in [0.2, 0.25) is 0 Å². The third kappa shape index (κ3) is 4.58. The minimum absolute atomic E-state index is 0.0643. The molecule has 0 saturated heterocycles. The Morgan fingerprint density at radius 1 is 1.40 bits per heavy atom. The van der Waals surface area contributed by atoms with E-state index in [1.165, 1.54) is 16.7 Å². The highest BCUT2D eigenvalue weighted by Crippen LogP contribution is 2.19. The van der Waals surface area contributed by atoms with Crippen LogP contribution in [-0.2, 0) is 0 Å². The lowest BCUT2D eigenvalue weighted by molar-refractivity contribution is 0.0930. The summed E-state index contributed by atoms with van der Waals surface area (Å²) in [5.41, 5.74) is 8.86. The van der Waals surface area contributed by atoms with Gasteiger partial charge < -0.3 is 5.32 Å². The average Bonchev–Trinajstić information content (AvgIpc) is 3.05. The minimum atomic E-state index is -0.436. The van der Waals surface area contributed by atoms with Gasteiger partial charge >= 0.3 is 0 Å². The molecular weight excluding hydrogens is 328 g/mol. The number of nitroso groups, excluding NO2 is 2. The number of azide groups is 1. The zero-order valence-electron chi connectivity index (χ0n) is 13.3. The Morgan fingerprint density at radius 2 is 2.24 bits per heavy atom. The number of hydrogen-bond acceptors (Lipinski definition) is 7. The molecule has 2 aromatic heterocycles. The Bertz CT molecular complexity index is 812. The molecule has 0 bridgehead atoms. The van der Waals surface area contributed by atoms with Gasteiger partial charge in [0, 0.05) is 17.7 Å². The van der Waals surface area contributed by atoms with Crippen LogP contribution in [0.25, 0.3) is 16.1 Å². The number of imidazole rings is 1. The summed E-state index contributed by atoms with van der Waals surface area (Å²) in [6.45, 7) is 0.297. The number of carbonyl (C=O) groups is 1. The summed E-state index contributed by atoms with van der Waals surface area (Å²) >= 11 is 0. The molecule has 0 radical (unpaired) electrons. The monoisotopic (exact) mass is 344 g/mol. The van der Waals surface area contributed by atoms with Crippen molar-refractivity contribution in [2.24, 2.45) is 15.5 Å². The van der Waals surface area contributed by atoms with E-state index in [0.29, 0.717) is 25.8 Å². The van der Waals surface area contributed by atoms with Crippen molar-refractivity contribution >= 4 is 17.2 Å². The van der Waals surface area contributed by atoms with Gasteiger partial charge in [0.25, 0.3) is 5.91 Å². The lowest BCUT2D eigenvalue weighted by atomic mass is 10.1. The molecule has 0 spiro atoms. The van der Waals surface area contributed by atoms with Crippen molar-refractivity contribution in [1.82, 2.24) is 14.7 Å². The second-order valence-electron chi connectivity index (χ2n) is 5.25. The molecule has 0 aliphatic heterocycles. The molecule has 25 heavy (non-hydrogen) atoms. The molecular formula is C14H16N8O3. The third-order valence-corrected chi connectivity index (χ3v) is 3.60. The minimum Gasteiger partial charge on any atom is -0.346 e. The lowest BCUT2D eigenvalue weighted by Crippen LogP contribution is -2.37. The second-order valence-corrected chi connectivity index (χ2v) is 5.25. The highest BCUT2D eigenvalue weighted by atomic mass is 16.3. The van der Waals surface area contributed by atoms with Crippen LogP contribution in [0.3, 0.4) is 0 Å². The van der Waals surface area contributed by atoms with Gasteiger partial charge in [-0.1, -0.05) is 16.7 Å². The van der Waals surface area contributed by atoms with E-state index in [4.69, 9.17) is 5.53 Å². The summed E-state index contributed by atoms with van der Waals surface area (Å²) in [4.78, 5) is 40.5. The SMILES string of the molecule is [N-]=[N+]=NCCCC[C@H](CN=O)NC(=O)c1cnc2c(N=O)cccn12. The Balaban J connectivity index is 2.06. The zero-order valence-corrected chi connectivity index (χ0v) is 13.3. The number of unbranched alkanes of at least 4 members (excludes halogenated alkanes) is 1. The molecule has 0 aliphatic rings. The zero-order chi connectivity index (χ0) is 18.1. The molecule has 11 nitrogen and oxygen atoms in total. The number of nitrogens with zero attached hydrogens (tertiary/aromatic N) is 7. The van der Waals surface area contributed by atoms with E-state index < -0.39 is 11.9 Å². The number of carbonyl (C=O) groups excluding carboxylic acids is 1. The van der Waals surface area contributed by atoms with Crippen LogP contribution in [0.4, 0.5) is 5.69 Å². The maximum atomic E-state index is 12.4. The van der Waals surface area contributed by atoms with E-state index in [1.54, 1.807) is 12.3 Å². The van der Waals surface area contributed by atoms with E-state index in [2.05, 4.69) is 30.7 Å². The third-order valence-electron chi connectivity index (χ3n) is 3.60. The Labute approximate surface area is 142 Å². The van der Waals surface area contributed by atoms with Crippen molar-refractivity contribution in [1.29, 1.82) is 0 Å². The molecule has 1 N–H and O–H groups in total. The van der Waals surface area contributed by atoms with Crippen molar-refractivity contribution in [3.8, 4) is 0 Å². The van der Waals surface area contributed by atoms with Gasteiger partial charge in [-0.25, -0.2) is 4.98 Å². The molecule has 2 heterocycles. The highest BCUT2D eigenvalue weighted by Gasteiger charge is 2.18. The van der Waals surface area contributed by atoms with Crippen LogP contribution in [0, 0.1) is 9.81 Å². The first-order chi connectivity index (χ1) is 12.2. The van der Waals surface area contributed by atoms with Crippen LogP contribution in [0.5, 0.6) is 0 Å². The van der Waals surface area contributed by atoms with E-state index in [9.17, 15) is 14.6 Å². The predicted octanol–water partition coefficient (Wildman–Crippen LogP) is 3.08. The first kappa shape index (κ1) is 18.0. The molecule has 0 unspecified atom stereocenters. The van der Waals surface area contributed by atoms with Gasteiger partial charge in [-0.05, 0) is 35.7 Å². The van der Waals surface area contributed by atoms with Crippen molar-refractivity contribution in [3.63, 3.8) is 0 Å². The summed E-state index contributed by atoms with van der Waals surface area (Å²) in [6, 6.07) is 2.65. The molecule has 0 aliphatic carbocycles. The van der Waals surface area contributed by atoms with E-state index in [1.807, 2.05) is 0 Å². The lowest BCUT2D eigenvalue weighted by Gasteiger charge is -2.15. The maximum Gasteiger partial charge on any atom is 0.270 e. The Kier molecular flexibility index (Phi) is 6.55. The van der Waals surface area contributed by atoms with Crippen LogP contribution in [-0.4, -0.2) is 34.4 Å². The largest absolute Gasteiger partial charge is 0.346 e. The van der Waals surface area contributed by atoms with E-state index >= 15 is 0 Å². The number of aromatic nitrogens is 2. The number of hydrogen-bond donors (Lipinski definition) is 1. The standard InChI is InChI=1S/C14H16N8O3/c15-21-17-6-2-1-4-10(8-18-24)19-14(23)12-9-16-13-11(20-25)5-3-7-22(12)13/h3,5,7,9-10H,1-2,4,6,8H2,(H,19,23)/t10-/m1/s1. The van der Waals surface area contributed by atoms with Gasteiger partial charge in [-0.15, -0.1) is 4.91 Å². The summed E-state index contributed by atoms with van der Waals surface area (Å²) in [7, 11) is 0. The first-order valence-corrected chi connectivity index (χ1v) is 7.61. The highest BCUT2D eigenvalue weighted by molar-refractivity contribution is 5.94. The summed E-state index contributed by atoms with van der Waals surface area (Å²) in [5, 5.41) is 11.9. The van der Waals surface area contributed by atoms with Crippen molar-refractivity contribution in [3.05, 3.63) is 50.5 Å². The molecule has 1 amide bonds. The van der Waals surface area contributed by atoms with Crippen LogP contribution in [0.15, 0.2) is 40.0 Å². The predicted molar refractivity (Wildman–Crippen MR) is 90.4 cm³/mol. The van der Waals surface area contributed by atoms with Crippen molar-refractivity contribution < 1.29 is 4.79 Å². The normalized spacial score (nSPS) is 11.5. The molecule has 0 fully saturated rings. The second kappa shape index (κ2) is 9.08. The van der Waals surface area contributed by atoms with Gasteiger partial charge in [-0.3, -0.25) is 9.20 Å². The first-order valence-electron chi connectivity index (χ1n) is 7.61. The van der Waals surface area contributed by atoms with Gasteiger partial charge in [0.2, 0.25) is 0 Å². The van der Waals surface area contributed by atoms with Crippen LogP contribution >= 0.6 is 0 Å². The number of amides is 1. The fraction of sp³-hybridized carbons (Fsp3) is 0.429. The fourth-order valence-corrected chi connectivity index (χ4v) is 2.41. The molecule has 2 rings (SSSR count). The quantitative estimate of drug-likeness (QED) is 0.231. The maximum absolute atomic E-state index is 12.4. The summed E-state index contributed by atoms with van der Waals surface area (Å²) < 4.78 is 1.46. The molecule has 2 aromatic rings. The van der Waals surface area contributed by atoms with E-state index in [-0.39, 0.29) is 23.6 Å². The number of fused-ring (bicyclic) bond motifs is 1. The summed E-state index contributed by atoms with van der Waals surface area (Å²) in [5.74, 6) is -0.431. The Hall–Kier alpha value is -3.33. The van der Waals surface area contributed by atoms with Crippen LogP contribution < -0.4 is 5.32 Å². The topological polar surface area (TPSA) is 154 Å². The van der Waals surface area contributed by atoms with Crippen LogP contribution in [0.1, 0.15) is 29.8 Å². The smallest absolute Gasteiger partial charge is 0.270 e. The Morgan fingerprint density at radius 3 is 2.96 bits per heavy atom. The van der Waals surface area contributed by atoms with Crippen molar-refractivity contribution in [2.45, 2.75) is 25.3 Å². The molecule has 0 saturated carbocycles. The van der Waals surface area contributed by atoms with Crippen molar-refractivity contribution in [2.75, 3.05) is 13.1 Å². The molecule has 11 heteroatoms. The summed E-state index contributed by atoms with van der Waals surface area (Å²) in [6.07, 6.45) is 4.78. The molecule has 0 aromatic carbocycles. The van der Waals surface area contributed by atoms with E-state index in [0.717, 1.165) is 0 Å². The number of nitrogens with one attached hydrogen (secondary N) is 1. The fourth-order valence-electron chi connectivity index (χ4n) is 2.41. The van der Waals surface area contributed by atoms with Gasteiger partial charge in [0.15, 0.2) is 11.3 Å². The number of pyridine rings is 1. The average molecular weight is 344 g/mol. The molecule has 130 valence electrons. The van der Waals surface area contributed by atoms with Gasteiger partial charge in [0.05, 0.1) is 12.2 Å². The molecule has 1 atom stereocenters.